The Balaban J connectivity index is 2.21. The fourth-order valence-corrected chi connectivity index (χ4v) is 1.57. The molecule has 0 heterocycles. The maximum Gasteiger partial charge on any atom is 0.123 e. The van der Waals surface area contributed by atoms with E-state index >= 15 is 0 Å². The van der Waals surface area contributed by atoms with Crippen molar-refractivity contribution in [2.24, 2.45) is 0 Å². The SMILES string of the molecule is CC(C)Oc1ccccc1C1CC1. The molecule has 1 fully saturated rings. The van der Waals surface area contributed by atoms with Crippen molar-refractivity contribution in [1.82, 2.24) is 0 Å². The number of benzene rings is 1. The van der Waals surface area contributed by atoms with E-state index in [-0.39, 0.29) is 6.10 Å². The van der Waals surface area contributed by atoms with E-state index in [2.05, 4.69) is 32.0 Å². The Morgan fingerprint density at radius 3 is 2.54 bits per heavy atom. The van der Waals surface area contributed by atoms with E-state index in [1.54, 1.807) is 0 Å². The molecular weight excluding hydrogens is 160 g/mol. The van der Waals surface area contributed by atoms with E-state index in [9.17, 15) is 0 Å². The summed E-state index contributed by atoms with van der Waals surface area (Å²) in [7, 11) is 0. The van der Waals surface area contributed by atoms with E-state index < -0.39 is 0 Å². The minimum atomic E-state index is 0.278. The van der Waals surface area contributed by atoms with Gasteiger partial charge in [0.25, 0.3) is 0 Å². The van der Waals surface area contributed by atoms with Crippen LogP contribution in [0.3, 0.4) is 0 Å². The predicted molar refractivity (Wildman–Crippen MR) is 54.2 cm³/mol. The monoisotopic (exact) mass is 176 g/mol. The van der Waals surface area contributed by atoms with Crippen LogP contribution in [0.4, 0.5) is 0 Å². The molecule has 1 aliphatic carbocycles. The lowest BCUT2D eigenvalue weighted by atomic mass is 10.1. The van der Waals surface area contributed by atoms with Gasteiger partial charge in [0.1, 0.15) is 5.75 Å². The highest BCUT2D eigenvalue weighted by Gasteiger charge is 2.26. The average molecular weight is 176 g/mol. The Kier molecular flexibility index (Phi) is 2.26. The van der Waals surface area contributed by atoms with Crippen LogP contribution in [0.25, 0.3) is 0 Å². The number of rotatable bonds is 3. The largest absolute Gasteiger partial charge is 0.491 e. The molecule has 0 atom stereocenters. The van der Waals surface area contributed by atoms with Crippen molar-refractivity contribution in [3.05, 3.63) is 29.8 Å². The van der Waals surface area contributed by atoms with Gasteiger partial charge in [-0.2, -0.15) is 0 Å². The smallest absolute Gasteiger partial charge is 0.123 e. The molecule has 0 aliphatic heterocycles. The van der Waals surface area contributed by atoms with Crippen molar-refractivity contribution < 1.29 is 4.74 Å². The van der Waals surface area contributed by atoms with Gasteiger partial charge in [0, 0.05) is 0 Å². The van der Waals surface area contributed by atoms with Crippen molar-refractivity contribution in [3.8, 4) is 5.75 Å². The molecule has 0 radical (unpaired) electrons. The summed E-state index contributed by atoms with van der Waals surface area (Å²) in [6, 6.07) is 8.41. The first-order valence-electron chi connectivity index (χ1n) is 5.03. The number of para-hydroxylation sites is 1. The molecule has 0 bridgehead atoms. The van der Waals surface area contributed by atoms with Crippen LogP contribution in [0.5, 0.6) is 5.75 Å². The topological polar surface area (TPSA) is 9.23 Å². The molecule has 1 heteroatoms. The lowest BCUT2D eigenvalue weighted by Gasteiger charge is -2.13. The van der Waals surface area contributed by atoms with E-state index in [4.69, 9.17) is 4.74 Å². The molecule has 70 valence electrons. The summed E-state index contributed by atoms with van der Waals surface area (Å²) in [5.74, 6) is 1.86. The Morgan fingerprint density at radius 2 is 1.92 bits per heavy atom. The van der Waals surface area contributed by atoms with Crippen LogP contribution in [0.15, 0.2) is 24.3 Å². The van der Waals surface area contributed by atoms with Crippen molar-refractivity contribution >= 4 is 0 Å². The van der Waals surface area contributed by atoms with Gasteiger partial charge in [-0.25, -0.2) is 0 Å². The zero-order valence-corrected chi connectivity index (χ0v) is 8.29. The molecule has 1 aromatic carbocycles. The molecule has 2 rings (SSSR count). The van der Waals surface area contributed by atoms with Gasteiger partial charge < -0.3 is 4.74 Å². The average Bonchev–Trinajstić information content (AvgIpc) is 2.87. The highest BCUT2D eigenvalue weighted by molar-refractivity contribution is 5.38. The number of hydrogen-bond acceptors (Lipinski definition) is 1. The highest BCUT2D eigenvalue weighted by Crippen LogP contribution is 2.44. The molecule has 0 saturated heterocycles. The van der Waals surface area contributed by atoms with Gasteiger partial charge in [0.2, 0.25) is 0 Å². The molecule has 1 aromatic rings. The molecule has 0 spiro atoms. The van der Waals surface area contributed by atoms with E-state index in [0.717, 1.165) is 11.7 Å². The van der Waals surface area contributed by atoms with Gasteiger partial charge in [-0.15, -0.1) is 0 Å². The van der Waals surface area contributed by atoms with Gasteiger partial charge in [0.05, 0.1) is 6.10 Å². The quantitative estimate of drug-likeness (QED) is 0.686. The van der Waals surface area contributed by atoms with Gasteiger partial charge in [-0.3, -0.25) is 0 Å². The van der Waals surface area contributed by atoms with Gasteiger partial charge in [-0.05, 0) is 44.2 Å². The number of ether oxygens (including phenoxy) is 1. The van der Waals surface area contributed by atoms with Gasteiger partial charge in [-0.1, -0.05) is 18.2 Å². The van der Waals surface area contributed by atoms with Crippen LogP contribution in [0, 0.1) is 0 Å². The fraction of sp³-hybridized carbons (Fsp3) is 0.500. The highest BCUT2D eigenvalue weighted by atomic mass is 16.5. The van der Waals surface area contributed by atoms with Crippen LogP contribution >= 0.6 is 0 Å². The van der Waals surface area contributed by atoms with E-state index in [0.29, 0.717) is 0 Å². The molecular formula is C12H16O. The zero-order valence-electron chi connectivity index (χ0n) is 8.29. The van der Waals surface area contributed by atoms with Crippen LogP contribution in [-0.4, -0.2) is 6.10 Å². The molecule has 1 nitrogen and oxygen atoms in total. The fourth-order valence-electron chi connectivity index (χ4n) is 1.57. The third kappa shape index (κ3) is 2.03. The summed E-state index contributed by atoms with van der Waals surface area (Å²) in [6.07, 6.45) is 2.94. The van der Waals surface area contributed by atoms with Crippen LogP contribution in [-0.2, 0) is 0 Å². The Morgan fingerprint density at radius 1 is 1.23 bits per heavy atom. The minimum absolute atomic E-state index is 0.278. The third-order valence-corrected chi connectivity index (χ3v) is 2.30. The molecule has 1 saturated carbocycles. The molecule has 0 N–H and O–H groups in total. The maximum absolute atomic E-state index is 5.75. The molecule has 0 aromatic heterocycles. The standard InChI is InChI=1S/C12H16O/c1-9(2)13-12-6-4-3-5-11(12)10-7-8-10/h3-6,9-10H,7-8H2,1-2H3. The predicted octanol–water partition coefficient (Wildman–Crippen LogP) is 3.35. The van der Waals surface area contributed by atoms with Gasteiger partial charge in [0.15, 0.2) is 0 Å². The third-order valence-electron chi connectivity index (χ3n) is 2.30. The van der Waals surface area contributed by atoms with E-state index in [1.807, 2.05) is 6.07 Å². The van der Waals surface area contributed by atoms with Gasteiger partial charge >= 0.3 is 0 Å². The summed E-state index contributed by atoms with van der Waals surface area (Å²) in [5.41, 5.74) is 1.40. The lowest BCUT2D eigenvalue weighted by molar-refractivity contribution is 0.240. The van der Waals surface area contributed by atoms with Crippen molar-refractivity contribution in [2.75, 3.05) is 0 Å². The first kappa shape index (κ1) is 8.61. The molecule has 13 heavy (non-hydrogen) atoms. The Labute approximate surface area is 79.7 Å². The van der Waals surface area contributed by atoms with Crippen molar-refractivity contribution in [2.45, 2.75) is 38.7 Å². The van der Waals surface area contributed by atoms with E-state index in [1.165, 1.54) is 18.4 Å². The Bertz CT molecular complexity index is 287. The summed E-state index contributed by atoms with van der Waals surface area (Å²) in [5, 5.41) is 0. The summed E-state index contributed by atoms with van der Waals surface area (Å²) < 4.78 is 5.75. The minimum Gasteiger partial charge on any atom is -0.491 e. The maximum atomic E-state index is 5.75. The second-order valence-corrected chi connectivity index (χ2v) is 3.98. The van der Waals surface area contributed by atoms with Crippen molar-refractivity contribution in [3.63, 3.8) is 0 Å². The first-order chi connectivity index (χ1) is 6.27. The second-order valence-electron chi connectivity index (χ2n) is 3.98. The van der Waals surface area contributed by atoms with Crippen molar-refractivity contribution in [1.29, 1.82) is 0 Å². The zero-order chi connectivity index (χ0) is 9.26. The summed E-state index contributed by atoms with van der Waals surface area (Å²) >= 11 is 0. The van der Waals surface area contributed by atoms with Crippen LogP contribution < -0.4 is 4.74 Å². The Hall–Kier alpha value is -0.980. The van der Waals surface area contributed by atoms with Crippen LogP contribution in [0.2, 0.25) is 0 Å². The second kappa shape index (κ2) is 3.41. The lowest BCUT2D eigenvalue weighted by Crippen LogP contribution is -2.06. The first-order valence-corrected chi connectivity index (χ1v) is 5.03. The summed E-state index contributed by atoms with van der Waals surface area (Å²) in [4.78, 5) is 0. The molecule has 0 amide bonds. The van der Waals surface area contributed by atoms with Crippen LogP contribution in [0.1, 0.15) is 38.2 Å². The molecule has 0 unspecified atom stereocenters. The number of hydrogen-bond donors (Lipinski definition) is 0. The normalized spacial score (nSPS) is 16.2. The summed E-state index contributed by atoms with van der Waals surface area (Å²) in [6.45, 7) is 4.15. The molecule has 1 aliphatic rings.